The summed E-state index contributed by atoms with van der Waals surface area (Å²) in [4.78, 5) is 12.7. The Labute approximate surface area is 85.5 Å². The van der Waals surface area contributed by atoms with Crippen LogP contribution in [0.15, 0.2) is 0 Å². The van der Waals surface area contributed by atoms with E-state index in [0.29, 0.717) is 18.3 Å². The van der Waals surface area contributed by atoms with Crippen LogP contribution in [0, 0.1) is 11.8 Å². The predicted octanol–water partition coefficient (Wildman–Crippen LogP) is 1.47. The number of rotatable bonds is 2. The Morgan fingerprint density at radius 1 is 1.62 bits per heavy atom. The average molecular weight is 208 g/mol. The Bertz CT molecular complexity index is 175. The van der Waals surface area contributed by atoms with E-state index in [0.717, 1.165) is 19.5 Å². The average Bonchev–Trinajstić information content (AvgIpc) is 1.94. The fraction of sp³-hybridized carbons (Fsp3) is 0.889. The van der Waals surface area contributed by atoms with Crippen LogP contribution in [0.1, 0.15) is 19.8 Å². The van der Waals surface area contributed by atoms with Crippen molar-refractivity contribution in [1.82, 2.24) is 4.90 Å². The largest absolute Gasteiger partial charge is 0.481 e. The topological polar surface area (TPSA) is 40.5 Å². The summed E-state index contributed by atoms with van der Waals surface area (Å²) in [5.74, 6) is 0.259. The predicted molar refractivity (Wildman–Crippen MR) is 54.3 cm³/mol. The monoisotopic (exact) mass is 207 g/mol. The van der Waals surface area contributed by atoms with Gasteiger partial charge in [0, 0.05) is 13.0 Å². The van der Waals surface area contributed by atoms with Crippen LogP contribution in [0.4, 0.5) is 0 Å². The fourth-order valence-electron chi connectivity index (χ4n) is 1.93. The summed E-state index contributed by atoms with van der Waals surface area (Å²) in [5.41, 5.74) is 0. The first-order valence-corrected chi connectivity index (χ1v) is 4.50. The first-order chi connectivity index (χ1) is 5.59. The van der Waals surface area contributed by atoms with Crippen LogP contribution in [0.2, 0.25) is 0 Å². The first kappa shape index (κ1) is 12.7. The number of nitrogens with zero attached hydrogens (tertiary/aromatic N) is 1. The van der Waals surface area contributed by atoms with Gasteiger partial charge < -0.3 is 10.0 Å². The molecule has 0 bridgehead atoms. The van der Waals surface area contributed by atoms with E-state index in [4.69, 9.17) is 5.11 Å². The van der Waals surface area contributed by atoms with Crippen molar-refractivity contribution in [3.05, 3.63) is 0 Å². The molecule has 0 radical (unpaired) electrons. The van der Waals surface area contributed by atoms with Crippen LogP contribution in [0.25, 0.3) is 0 Å². The van der Waals surface area contributed by atoms with Gasteiger partial charge in [-0.1, -0.05) is 6.92 Å². The van der Waals surface area contributed by atoms with Gasteiger partial charge in [-0.15, -0.1) is 12.4 Å². The van der Waals surface area contributed by atoms with Gasteiger partial charge in [-0.25, -0.2) is 0 Å². The number of piperidine rings is 1. The van der Waals surface area contributed by atoms with E-state index in [1.54, 1.807) is 0 Å². The van der Waals surface area contributed by atoms with E-state index in [2.05, 4.69) is 18.9 Å². The Morgan fingerprint density at radius 3 is 2.69 bits per heavy atom. The van der Waals surface area contributed by atoms with Gasteiger partial charge >= 0.3 is 5.97 Å². The lowest BCUT2D eigenvalue weighted by Crippen LogP contribution is -2.37. The highest BCUT2D eigenvalue weighted by atomic mass is 35.5. The zero-order valence-corrected chi connectivity index (χ0v) is 9.01. The van der Waals surface area contributed by atoms with Crippen molar-refractivity contribution in [2.45, 2.75) is 19.8 Å². The molecule has 1 rings (SSSR count). The van der Waals surface area contributed by atoms with Gasteiger partial charge in [-0.3, -0.25) is 4.79 Å². The highest BCUT2D eigenvalue weighted by Gasteiger charge is 2.25. The summed E-state index contributed by atoms with van der Waals surface area (Å²) in [6.07, 6.45) is 1.37. The van der Waals surface area contributed by atoms with Crippen molar-refractivity contribution in [2.24, 2.45) is 11.8 Å². The number of hydrogen-bond acceptors (Lipinski definition) is 2. The molecule has 1 heterocycles. The summed E-state index contributed by atoms with van der Waals surface area (Å²) in [6.45, 7) is 4.23. The molecule has 1 fully saturated rings. The number of carboxylic acids is 1. The van der Waals surface area contributed by atoms with Crippen molar-refractivity contribution < 1.29 is 9.90 Å². The molecule has 0 aromatic rings. The smallest absolute Gasteiger partial charge is 0.303 e. The van der Waals surface area contributed by atoms with Gasteiger partial charge in [0.2, 0.25) is 0 Å². The zero-order valence-electron chi connectivity index (χ0n) is 8.19. The number of carboxylic acid groups (broad SMARTS) is 1. The van der Waals surface area contributed by atoms with Crippen LogP contribution in [0.3, 0.4) is 0 Å². The third-order valence-corrected chi connectivity index (χ3v) is 2.72. The SMILES string of the molecule is CC1CN(C)CCC1CC(=O)O.Cl. The molecule has 0 spiro atoms. The minimum absolute atomic E-state index is 0. The number of hydrogen-bond donors (Lipinski definition) is 1. The van der Waals surface area contributed by atoms with Crippen LogP contribution in [-0.4, -0.2) is 36.1 Å². The second-order valence-electron chi connectivity index (χ2n) is 3.89. The molecule has 0 aromatic heterocycles. The van der Waals surface area contributed by atoms with Gasteiger partial charge in [0.15, 0.2) is 0 Å². The zero-order chi connectivity index (χ0) is 9.14. The van der Waals surface area contributed by atoms with Gasteiger partial charge in [0.05, 0.1) is 0 Å². The second-order valence-corrected chi connectivity index (χ2v) is 3.89. The molecule has 0 amide bonds. The number of aliphatic carboxylic acids is 1. The molecule has 78 valence electrons. The van der Waals surface area contributed by atoms with Gasteiger partial charge in [-0.2, -0.15) is 0 Å². The Hall–Kier alpha value is -0.280. The minimum Gasteiger partial charge on any atom is -0.481 e. The van der Waals surface area contributed by atoms with E-state index in [-0.39, 0.29) is 12.4 Å². The van der Waals surface area contributed by atoms with E-state index in [9.17, 15) is 4.79 Å². The van der Waals surface area contributed by atoms with Gasteiger partial charge in [0.1, 0.15) is 0 Å². The summed E-state index contributed by atoms with van der Waals surface area (Å²) >= 11 is 0. The van der Waals surface area contributed by atoms with Gasteiger partial charge in [-0.05, 0) is 31.8 Å². The summed E-state index contributed by atoms with van der Waals surface area (Å²) in [6, 6.07) is 0. The van der Waals surface area contributed by atoms with Crippen molar-refractivity contribution in [3.63, 3.8) is 0 Å². The number of carbonyl (C=O) groups is 1. The quantitative estimate of drug-likeness (QED) is 0.746. The molecule has 0 saturated carbocycles. The molecule has 3 nitrogen and oxygen atoms in total. The van der Waals surface area contributed by atoms with E-state index < -0.39 is 5.97 Å². The molecule has 2 unspecified atom stereocenters. The Balaban J connectivity index is 0.00000144. The minimum atomic E-state index is -0.656. The maximum absolute atomic E-state index is 10.5. The Kier molecular flexibility index (Phi) is 5.33. The van der Waals surface area contributed by atoms with E-state index >= 15 is 0 Å². The molecule has 0 aliphatic carbocycles. The lowest BCUT2D eigenvalue weighted by atomic mass is 9.85. The molecular weight excluding hydrogens is 190 g/mol. The molecule has 2 atom stereocenters. The fourth-order valence-corrected chi connectivity index (χ4v) is 1.93. The van der Waals surface area contributed by atoms with Crippen molar-refractivity contribution >= 4 is 18.4 Å². The molecule has 1 saturated heterocycles. The molecule has 1 aliphatic rings. The van der Waals surface area contributed by atoms with Crippen LogP contribution >= 0.6 is 12.4 Å². The maximum atomic E-state index is 10.5. The molecule has 13 heavy (non-hydrogen) atoms. The van der Waals surface area contributed by atoms with E-state index in [1.807, 2.05) is 0 Å². The highest BCUT2D eigenvalue weighted by molar-refractivity contribution is 5.85. The summed E-state index contributed by atoms with van der Waals surface area (Å²) < 4.78 is 0. The highest BCUT2D eigenvalue weighted by Crippen LogP contribution is 2.24. The van der Waals surface area contributed by atoms with Crippen molar-refractivity contribution in [2.75, 3.05) is 20.1 Å². The third kappa shape index (κ3) is 3.96. The summed E-state index contributed by atoms with van der Waals surface area (Å²) in [7, 11) is 2.09. The molecule has 1 aliphatic heterocycles. The van der Waals surface area contributed by atoms with Crippen molar-refractivity contribution in [1.29, 1.82) is 0 Å². The van der Waals surface area contributed by atoms with E-state index in [1.165, 1.54) is 0 Å². The Morgan fingerprint density at radius 2 is 2.23 bits per heavy atom. The number of halogens is 1. The van der Waals surface area contributed by atoms with Crippen molar-refractivity contribution in [3.8, 4) is 0 Å². The third-order valence-electron chi connectivity index (χ3n) is 2.72. The summed E-state index contributed by atoms with van der Waals surface area (Å²) in [5, 5.41) is 8.64. The lowest BCUT2D eigenvalue weighted by Gasteiger charge is -2.33. The van der Waals surface area contributed by atoms with Gasteiger partial charge in [0.25, 0.3) is 0 Å². The second kappa shape index (κ2) is 5.45. The molecule has 4 heteroatoms. The van der Waals surface area contributed by atoms with Crippen LogP contribution < -0.4 is 0 Å². The first-order valence-electron chi connectivity index (χ1n) is 4.50. The lowest BCUT2D eigenvalue weighted by molar-refractivity contribution is -0.139. The van der Waals surface area contributed by atoms with Crippen LogP contribution in [0.5, 0.6) is 0 Å². The number of likely N-dealkylation sites (tertiary alicyclic amines) is 1. The standard InChI is InChI=1S/C9H17NO2.ClH/c1-7-6-10(2)4-3-8(7)5-9(11)12;/h7-8H,3-6H2,1-2H3,(H,11,12);1H. The molecule has 0 aromatic carbocycles. The van der Waals surface area contributed by atoms with Crippen LogP contribution in [-0.2, 0) is 4.79 Å². The molecule has 1 N–H and O–H groups in total. The molecular formula is C9H18ClNO2. The normalized spacial score (nSPS) is 29.4. The maximum Gasteiger partial charge on any atom is 0.303 e.